The Morgan fingerprint density at radius 3 is 2.24 bits per heavy atom. The molecule has 0 spiro atoms. The van der Waals surface area contributed by atoms with Crippen molar-refractivity contribution in [2.75, 3.05) is 13.2 Å². The maximum absolute atomic E-state index is 11.9. The highest BCUT2D eigenvalue weighted by atomic mass is 16.5. The van der Waals surface area contributed by atoms with Gasteiger partial charge in [-0.15, -0.1) is 0 Å². The van der Waals surface area contributed by atoms with Gasteiger partial charge in [-0.05, 0) is 43.3 Å². The number of hydrogen-bond donors (Lipinski definition) is 2. The first kappa shape index (κ1) is 17.8. The Bertz CT molecular complexity index is 782. The molecule has 2 aromatic carbocycles. The van der Waals surface area contributed by atoms with Crippen LogP contribution in [-0.2, 0) is 4.79 Å². The van der Waals surface area contributed by atoms with E-state index >= 15 is 0 Å². The molecule has 7 nitrogen and oxygen atoms in total. The van der Waals surface area contributed by atoms with E-state index < -0.39 is 11.8 Å². The van der Waals surface area contributed by atoms with Gasteiger partial charge in [0.2, 0.25) is 0 Å². The average molecular weight is 339 g/mol. The van der Waals surface area contributed by atoms with Crippen molar-refractivity contribution < 1.29 is 19.1 Å². The van der Waals surface area contributed by atoms with Gasteiger partial charge in [0.25, 0.3) is 11.8 Å². The molecule has 0 aromatic heterocycles. The normalized spacial score (nSPS) is 9.60. The second-order valence-corrected chi connectivity index (χ2v) is 4.86. The van der Waals surface area contributed by atoms with Gasteiger partial charge in [0.05, 0.1) is 18.2 Å². The van der Waals surface area contributed by atoms with Crippen molar-refractivity contribution >= 4 is 11.8 Å². The molecule has 0 atom stereocenters. The number of nitrogens with one attached hydrogen (secondary N) is 2. The lowest BCUT2D eigenvalue weighted by molar-refractivity contribution is -0.123. The molecule has 0 heterocycles. The summed E-state index contributed by atoms with van der Waals surface area (Å²) in [6.45, 7) is 2.05. The maximum Gasteiger partial charge on any atom is 0.276 e. The van der Waals surface area contributed by atoms with Crippen LogP contribution in [0.2, 0.25) is 0 Å². The molecule has 25 heavy (non-hydrogen) atoms. The summed E-state index contributed by atoms with van der Waals surface area (Å²) >= 11 is 0. The third kappa shape index (κ3) is 5.25. The molecule has 0 saturated carbocycles. The Hall–Kier alpha value is -3.53. The Morgan fingerprint density at radius 2 is 1.64 bits per heavy atom. The van der Waals surface area contributed by atoms with E-state index in [2.05, 4.69) is 10.9 Å². The van der Waals surface area contributed by atoms with Crippen LogP contribution >= 0.6 is 0 Å². The Labute approximate surface area is 145 Å². The number of rotatable bonds is 6. The Morgan fingerprint density at radius 1 is 1.00 bits per heavy atom. The first-order chi connectivity index (χ1) is 12.1. The van der Waals surface area contributed by atoms with Gasteiger partial charge in [0.1, 0.15) is 0 Å². The second kappa shape index (κ2) is 8.93. The molecule has 0 unspecified atom stereocenters. The topological polar surface area (TPSA) is 100 Å². The molecule has 0 radical (unpaired) electrons. The minimum atomic E-state index is -0.520. The molecule has 0 aliphatic heterocycles. The zero-order chi connectivity index (χ0) is 18.1. The Balaban J connectivity index is 1.82. The van der Waals surface area contributed by atoms with E-state index in [9.17, 15) is 9.59 Å². The van der Waals surface area contributed by atoms with Crippen LogP contribution in [0.25, 0.3) is 0 Å². The summed E-state index contributed by atoms with van der Waals surface area (Å²) in [6.07, 6.45) is 0. The van der Waals surface area contributed by atoms with Crippen LogP contribution in [0, 0.1) is 11.3 Å². The molecule has 0 saturated heterocycles. The standard InChI is InChI=1S/C18H17N3O4/c1-2-24-15-5-3-4-6-16(15)25-12-17(22)20-21-18(23)14-9-7-13(11-19)8-10-14/h3-10H,2,12H2,1H3,(H,20,22)(H,21,23). The van der Waals surface area contributed by atoms with E-state index in [1.54, 1.807) is 24.3 Å². The molecule has 2 amide bonds. The number of amides is 2. The van der Waals surface area contributed by atoms with Gasteiger partial charge in [-0.3, -0.25) is 20.4 Å². The van der Waals surface area contributed by atoms with Crippen LogP contribution in [0.5, 0.6) is 11.5 Å². The van der Waals surface area contributed by atoms with Crippen LogP contribution in [0.4, 0.5) is 0 Å². The van der Waals surface area contributed by atoms with Gasteiger partial charge < -0.3 is 9.47 Å². The van der Waals surface area contributed by atoms with E-state index in [1.165, 1.54) is 24.3 Å². The minimum Gasteiger partial charge on any atom is -0.490 e. The van der Waals surface area contributed by atoms with Crippen molar-refractivity contribution in [1.29, 1.82) is 5.26 Å². The number of nitriles is 1. The van der Waals surface area contributed by atoms with Crippen LogP contribution in [-0.4, -0.2) is 25.0 Å². The van der Waals surface area contributed by atoms with E-state index in [-0.39, 0.29) is 6.61 Å². The first-order valence-electron chi connectivity index (χ1n) is 7.58. The van der Waals surface area contributed by atoms with Crippen LogP contribution in [0.1, 0.15) is 22.8 Å². The summed E-state index contributed by atoms with van der Waals surface area (Å²) in [5.41, 5.74) is 5.31. The summed E-state index contributed by atoms with van der Waals surface area (Å²) in [5, 5.41) is 8.72. The van der Waals surface area contributed by atoms with Crippen molar-refractivity contribution in [2.45, 2.75) is 6.92 Å². The SMILES string of the molecule is CCOc1ccccc1OCC(=O)NNC(=O)c1ccc(C#N)cc1. The number of nitrogens with zero attached hydrogens (tertiary/aromatic N) is 1. The third-order valence-corrected chi connectivity index (χ3v) is 3.10. The van der Waals surface area contributed by atoms with E-state index in [0.29, 0.717) is 29.2 Å². The summed E-state index contributed by atoms with van der Waals surface area (Å²) < 4.78 is 10.8. The number of carbonyl (C=O) groups excluding carboxylic acids is 2. The molecule has 0 fully saturated rings. The molecule has 128 valence electrons. The zero-order valence-electron chi connectivity index (χ0n) is 13.6. The molecule has 2 N–H and O–H groups in total. The zero-order valence-corrected chi connectivity index (χ0v) is 13.6. The number of para-hydroxylation sites is 2. The van der Waals surface area contributed by atoms with Crippen molar-refractivity contribution in [1.82, 2.24) is 10.9 Å². The lowest BCUT2D eigenvalue weighted by Gasteiger charge is -2.12. The molecular formula is C18H17N3O4. The number of hydrogen-bond acceptors (Lipinski definition) is 5. The van der Waals surface area contributed by atoms with Crippen molar-refractivity contribution in [3.05, 3.63) is 59.7 Å². The van der Waals surface area contributed by atoms with Crippen molar-refractivity contribution in [2.24, 2.45) is 0 Å². The summed E-state index contributed by atoms with van der Waals surface area (Å²) in [7, 11) is 0. The van der Waals surface area contributed by atoms with Gasteiger partial charge in [-0.25, -0.2) is 0 Å². The second-order valence-electron chi connectivity index (χ2n) is 4.86. The van der Waals surface area contributed by atoms with Crippen molar-refractivity contribution in [3.63, 3.8) is 0 Å². The number of ether oxygens (including phenoxy) is 2. The predicted octanol–water partition coefficient (Wildman–Crippen LogP) is 1.80. The molecule has 2 rings (SSSR count). The number of hydrazine groups is 1. The van der Waals surface area contributed by atoms with E-state index in [1.807, 2.05) is 13.0 Å². The predicted molar refractivity (Wildman–Crippen MR) is 89.9 cm³/mol. The Kier molecular flexibility index (Phi) is 6.37. The monoisotopic (exact) mass is 339 g/mol. The van der Waals surface area contributed by atoms with Gasteiger partial charge in [-0.2, -0.15) is 5.26 Å². The number of carbonyl (C=O) groups is 2. The molecule has 7 heteroatoms. The highest BCUT2D eigenvalue weighted by Gasteiger charge is 2.09. The molecule has 2 aromatic rings. The average Bonchev–Trinajstić information content (AvgIpc) is 2.65. The quantitative estimate of drug-likeness (QED) is 0.782. The van der Waals surface area contributed by atoms with Gasteiger partial charge >= 0.3 is 0 Å². The minimum absolute atomic E-state index is 0.280. The van der Waals surface area contributed by atoms with Gasteiger partial charge in [0, 0.05) is 5.56 Å². The highest BCUT2D eigenvalue weighted by molar-refractivity contribution is 5.95. The summed E-state index contributed by atoms with van der Waals surface area (Å²) in [4.78, 5) is 23.7. The molecule has 0 bridgehead atoms. The van der Waals surface area contributed by atoms with Crippen LogP contribution in [0.15, 0.2) is 48.5 Å². The van der Waals surface area contributed by atoms with Gasteiger partial charge in [0.15, 0.2) is 18.1 Å². The fourth-order valence-electron chi connectivity index (χ4n) is 1.92. The molecular weight excluding hydrogens is 322 g/mol. The van der Waals surface area contributed by atoms with Crippen molar-refractivity contribution in [3.8, 4) is 17.6 Å². The van der Waals surface area contributed by atoms with E-state index in [4.69, 9.17) is 14.7 Å². The number of benzene rings is 2. The summed E-state index contributed by atoms with van der Waals surface area (Å²) in [6, 6.07) is 15.0. The highest BCUT2D eigenvalue weighted by Crippen LogP contribution is 2.26. The fourth-order valence-corrected chi connectivity index (χ4v) is 1.92. The van der Waals surface area contributed by atoms with Crippen LogP contribution in [0.3, 0.4) is 0 Å². The lowest BCUT2D eigenvalue weighted by atomic mass is 10.1. The lowest BCUT2D eigenvalue weighted by Crippen LogP contribution is -2.43. The summed E-state index contributed by atoms with van der Waals surface area (Å²) in [5.74, 6) is -0.0295. The molecule has 0 aliphatic rings. The smallest absolute Gasteiger partial charge is 0.276 e. The van der Waals surface area contributed by atoms with Gasteiger partial charge in [-0.1, -0.05) is 12.1 Å². The largest absolute Gasteiger partial charge is 0.490 e. The third-order valence-electron chi connectivity index (χ3n) is 3.10. The van der Waals surface area contributed by atoms with Crippen LogP contribution < -0.4 is 20.3 Å². The first-order valence-corrected chi connectivity index (χ1v) is 7.58. The fraction of sp³-hybridized carbons (Fsp3) is 0.167. The van der Waals surface area contributed by atoms with E-state index in [0.717, 1.165) is 0 Å². The maximum atomic E-state index is 11.9. The molecule has 0 aliphatic carbocycles.